The molecule has 0 bridgehead atoms. The highest BCUT2D eigenvalue weighted by atomic mass is 35.5. The first-order chi connectivity index (χ1) is 15.0. The molecule has 0 unspecified atom stereocenters. The minimum atomic E-state index is -0.446. The number of benzene rings is 2. The Kier molecular flexibility index (Phi) is 4.96. The van der Waals surface area contributed by atoms with Crippen molar-refractivity contribution in [1.82, 2.24) is 14.9 Å². The van der Waals surface area contributed by atoms with Gasteiger partial charge in [-0.25, -0.2) is 9.78 Å². The van der Waals surface area contributed by atoms with E-state index in [0.29, 0.717) is 53.6 Å². The SMILES string of the molecule is Cc1ccc2oc(=O)c(CN3CCc4nc(-c5ccccc5)[nH]c(=O)c4C3)c(Cl)c2c1. The fraction of sp³-hybridized carbons (Fsp3) is 0.208. The van der Waals surface area contributed by atoms with Gasteiger partial charge in [0.1, 0.15) is 11.4 Å². The molecule has 0 amide bonds. The highest BCUT2D eigenvalue weighted by molar-refractivity contribution is 6.36. The predicted octanol–water partition coefficient (Wildman–Crippen LogP) is 4.06. The molecule has 0 spiro atoms. The first kappa shape index (κ1) is 19.7. The second-order valence-electron chi connectivity index (χ2n) is 7.85. The van der Waals surface area contributed by atoms with Crippen LogP contribution >= 0.6 is 11.6 Å². The van der Waals surface area contributed by atoms with E-state index < -0.39 is 5.63 Å². The lowest BCUT2D eigenvalue weighted by Gasteiger charge is -2.27. The Morgan fingerprint density at radius 1 is 1.16 bits per heavy atom. The average Bonchev–Trinajstić information content (AvgIpc) is 2.78. The Bertz CT molecular complexity index is 1410. The number of nitrogens with one attached hydrogen (secondary N) is 1. The Morgan fingerprint density at radius 3 is 2.77 bits per heavy atom. The number of nitrogens with zero attached hydrogens (tertiary/aromatic N) is 2. The van der Waals surface area contributed by atoms with Crippen molar-refractivity contribution in [2.24, 2.45) is 0 Å². The van der Waals surface area contributed by atoms with Gasteiger partial charge in [-0.2, -0.15) is 0 Å². The van der Waals surface area contributed by atoms with Crippen LogP contribution in [0.4, 0.5) is 0 Å². The summed E-state index contributed by atoms with van der Waals surface area (Å²) in [6.45, 7) is 3.34. The molecule has 31 heavy (non-hydrogen) atoms. The van der Waals surface area contributed by atoms with Crippen LogP contribution in [0.2, 0.25) is 5.02 Å². The number of aryl methyl sites for hydroxylation is 1. The minimum Gasteiger partial charge on any atom is -0.422 e. The highest BCUT2D eigenvalue weighted by Gasteiger charge is 2.24. The van der Waals surface area contributed by atoms with E-state index in [0.717, 1.165) is 22.2 Å². The molecule has 0 saturated heterocycles. The van der Waals surface area contributed by atoms with Crippen LogP contribution < -0.4 is 11.2 Å². The molecule has 1 N–H and O–H groups in total. The van der Waals surface area contributed by atoms with Crippen molar-refractivity contribution in [2.45, 2.75) is 26.4 Å². The molecule has 0 aliphatic carbocycles. The van der Waals surface area contributed by atoms with E-state index in [1.165, 1.54) is 0 Å². The molecule has 4 aromatic rings. The van der Waals surface area contributed by atoms with Gasteiger partial charge >= 0.3 is 5.63 Å². The van der Waals surface area contributed by atoms with Crippen molar-refractivity contribution < 1.29 is 4.42 Å². The molecule has 6 nitrogen and oxygen atoms in total. The first-order valence-electron chi connectivity index (χ1n) is 10.1. The number of hydrogen-bond donors (Lipinski definition) is 1. The van der Waals surface area contributed by atoms with E-state index in [1.54, 1.807) is 6.07 Å². The van der Waals surface area contributed by atoms with Crippen molar-refractivity contribution in [3.05, 3.63) is 96.7 Å². The lowest BCUT2D eigenvalue weighted by molar-refractivity contribution is 0.239. The first-order valence-corrected chi connectivity index (χ1v) is 10.5. The molecule has 0 saturated carbocycles. The van der Waals surface area contributed by atoms with E-state index in [4.69, 9.17) is 16.0 Å². The number of aromatic nitrogens is 2. The quantitative estimate of drug-likeness (QED) is 0.493. The summed E-state index contributed by atoms with van der Waals surface area (Å²) < 4.78 is 5.48. The number of rotatable bonds is 3. The maximum Gasteiger partial charge on any atom is 0.342 e. The monoisotopic (exact) mass is 433 g/mol. The van der Waals surface area contributed by atoms with Gasteiger partial charge < -0.3 is 9.40 Å². The smallest absolute Gasteiger partial charge is 0.342 e. The summed E-state index contributed by atoms with van der Waals surface area (Å²) in [5.41, 5.74) is 3.62. The molecule has 2 aromatic carbocycles. The van der Waals surface area contributed by atoms with Gasteiger partial charge in [0.15, 0.2) is 0 Å². The van der Waals surface area contributed by atoms with Crippen LogP contribution in [0.1, 0.15) is 22.4 Å². The molecule has 3 heterocycles. The van der Waals surface area contributed by atoms with Gasteiger partial charge in [0.2, 0.25) is 0 Å². The summed E-state index contributed by atoms with van der Waals surface area (Å²) in [6.07, 6.45) is 0.620. The molecular weight excluding hydrogens is 414 g/mol. The highest BCUT2D eigenvalue weighted by Crippen LogP contribution is 2.28. The summed E-state index contributed by atoms with van der Waals surface area (Å²) >= 11 is 6.59. The third kappa shape index (κ3) is 3.69. The standard InChI is InChI=1S/C24H20ClN3O3/c1-14-7-8-20-16(11-14)21(25)18(24(30)31-20)13-28-10-9-19-17(12-28)23(29)27-22(26-19)15-5-3-2-4-6-15/h2-8,11H,9-10,12-13H2,1H3,(H,26,27,29). The molecule has 1 aliphatic rings. The summed E-state index contributed by atoms with van der Waals surface area (Å²) in [6, 6.07) is 15.1. The number of halogens is 1. The van der Waals surface area contributed by atoms with Gasteiger partial charge in [-0.3, -0.25) is 9.69 Å². The van der Waals surface area contributed by atoms with Gasteiger partial charge in [-0.05, 0) is 19.1 Å². The zero-order valence-electron chi connectivity index (χ0n) is 16.9. The molecule has 2 aromatic heterocycles. The second-order valence-corrected chi connectivity index (χ2v) is 8.23. The zero-order valence-corrected chi connectivity index (χ0v) is 17.7. The van der Waals surface area contributed by atoms with Gasteiger partial charge in [0, 0.05) is 37.0 Å². The van der Waals surface area contributed by atoms with E-state index in [9.17, 15) is 9.59 Å². The van der Waals surface area contributed by atoms with E-state index in [-0.39, 0.29) is 5.56 Å². The normalized spacial score (nSPS) is 14.0. The van der Waals surface area contributed by atoms with Crippen molar-refractivity contribution in [1.29, 1.82) is 0 Å². The van der Waals surface area contributed by atoms with Crippen molar-refractivity contribution in [3.8, 4) is 11.4 Å². The number of hydrogen-bond acceptors (Lipinski definition) is 5. The average molecular weight is 434 g/mol. The predicted molar refractivity (Wildman–Crippen MR) is 120 cm³/mol. The van der Waals surface area contributed by atoms with Crippen LogP contribution in [-0.4, -0.2) is 21.4 Å². The van der Waals surface area contributed by atoms with Crippen LogP contribution in [-0.2, 0) is 19.5 Å². The van der Waals surface area contributed by atoms with Crippen molar-refractivity contribution >= 4 is 22.6 Å². The fourth-order valence-corrected chi connectivity index (χ4v) is 4.31. The Morgan fingerprint density at radius 2 is 1.97 bits per heavy atom. The maximum atomic E-state index is 12.8. The van der Waals surface area contributed by atoms with Gasteiger partial charge in [0.25, 0.3) is 5.56 Å². The second kappa shape index (κ2) is 7.80. The van der Waals surface area contributed by atoms with E-state index in [1.807, 2.05) is 54.3 Å². The summed E-state index contributed by atoms with van der Waals surface area (Å²) in [5.74, 6) is 0.575. The Labute approximate surface area is 183 Å². The van der Waals surface area contributed by atoms with Gasteiger partial charge in [0.05, 0.1) is 21.8 Å². The fourth-order valence-electron chi connectivity index (χ4n) is 4.02. The summed E-state index contributed by atoms with van der Waals surface area (Å²) in [5, 5.41) is 1.13. The van der Waals surface area contributed by atoms with Crippen LogP contribution in [0.3, 0.4) is 0 Å². The van der Waals surface area contributed by atoms with Crippen LogP contribution in [0.25, 0.3) is 22.4 Å². The Hall–Kier alpha value is -3.22. The molecule has 0 atom stereocenters. The van der Waals surface area contributed by atoms with Gasteiger partial charge in [-0.1, -0.05) is 53.6 Å². The number of fused-ring (bicyclic) bond motifs is 2. The minimum absolute atomic E-state index is 0.152. The van der Waals surface area contributed by atoms with Gasteiger partial charge in [-0.15, -0.1) is 0 Å². The molecule has 0 fully saturated rings. The summed E-state index contributed by atoms with van der Waals surface area (Å²) in [7, 11) is 0. The lowest BCUT2D eigenvalue weighted by Crippen LogP contribution is -2.36. The Balaban J connectivity index is 1.46. The maximum absolute atomic E-state index is 12.8. The van der Waals surface area contributed by atoms with Crippen LogP contribution in [0.15, 0.2) is 62.5 Å². The molecule has 1 aliphatic heterocycles. The summed E-state index contributed by atoms with van der Waals surface area (Å²) in [4.78, 5) is 34.9. The van der Waals surface area contributed by atoms with E-state index in [2.05, 4.69) is 9.97 Å². The lowest BCUT2D eigenvalue weighted by atomic mass is 10.0. The third-order valence-corrected chi connectivity index (χ3v) is 6.09. The topological polar surface area (TPSA) is 79.2 Å². The molecule has 5 rings (SSSR count). The molecule has 156 valence electrons. The number of aromatic amines is 1. The van der Waals surface area contributed by atoms with Crippen molar-refractivity contribution in [3.63, 3.8) is 0 Å². The van der Waals surface area contributed by atoms with Crippen LogP contribution in [0.5, 0.6) is 0 Å². The molecule has 7 heteroatoms. The molecular formula is C24H20ClN3O3. The molecule has 0 radical (unpaired) electrons. The largest absolute Gasteiger partial charge is 0.422 e. The third-order valence-electron chi connectivity index (χ3n) is 5.66. The van der Waals surface area contributed by atoms with Crippen molar-refractivity contribution in [2.75, 3.05) is 6.54 Å². The van der Waals surface area contributed by atoms with Crippen LogP contribution in [0, 0.1) is 6.92 Å². The number of H-pyrrole nitrogens is 1. The zero-order chi connectivity index (χ0) is 21.5. The van der Waals surface area contributed by atoms with E-state index >= 15 is 0 Å².